The van der Waals surface area contributed by atoms with Gasteiger partial charge in [-0.2, -0.15) is 0 Å². The van der Waals surface area contributed by atoms with Crippen molar-refractivity contribution in [1.29, 1.82) is 0 Å². The Morgan fingerprint density at radius 2 is 1.78 bits per heavy atom. The van der Waals surface area contributed by atoms with Crippen LogP contribution < -0.4 is 24.8 Å². The number of carbonyl (C=O) groups is 4. The number of aromatic nitrogens is 1. The van der Waals surface area contributed by atoms with Crippen LogP contribution in [0.3, 0.4) is 0 Å². The average Bonchev–Trinajstić information content (AvgIpc) is 3.52. The second-order valence-corrected chi connectivity index (χ2v) is 20.1. The number of amides is 4. The second kappa shape index (κ2) is 15.7. The van der Waals surface area contributed by atoms with Crippen LogP contribution in [-0.2, 0) is 29.1 Å². The molecule has 2 aromatic heterocycles. The molecule has 4 amide bonds. The maximum atomic E-state index is 14.6. The lowest BCUT2D eigenvalue weighted by atomic mass is 9.85. The highest BCUT2D eigenvalue weighted by molar-refractivity contribution is 7.92. The molecule has 0 bridgehead atoms. The van der Waals surface area contributed by atoms with Crippen molar-refractivity contribution in [2.75, 3.05) is 13.7 Å². The number of alkyl carbamates (subject to hydrolysis) is 1. The first kappa shape index (κ1) is 42.7. The summed E-state index contributed by atoms with van der Waals surface area (Å²) in [5.74, 6) is -1.95. The number of methoxy groups -OCH3 is 1. The Balaban J connectivity index is 1.30. The number of nitrogens with one attached hydrogen (secondary N) is 3. The van der Waals surface area contributed by atoms with Gasteiger partial charge in [-0.3, -0.25) is 14.4 Å². The summed E-state index contributed by atoms with van der Waals surface area (Å²) in [6, 6.07) is 9.86. The van der Waals surface area contributed by atoms with E-state index >= 15 is 0 Å². The summed E-state index contributed by atoms with van der Waals surface area (Å²) in [5, 5.41) is 8.09. The van der Waals surface area contributed by atoms with E-state index in [0.29, 0.717) is 31.8 Å². The zero-order valence-corrected chi connectivity index (χ0v) is 36.0. The summed E-state index contributed by atoms with van der Waals surface area (Å²) in [6.45, 7) is 15.8. The van der Waals surface area contributed by atoms with Gasteiger partial charge in [-0.25, -0.2) is 22.9 Å². The minimum absolute atomic E-state index is 0.0204. The topological polar surface area (TPSA) is 182 Å². The van der Waals surface area contributed by atoms with Crippen LogP contribution in [0.5, 0.6) is 11.6 Å². The van der Waals surface area contributed by atoms with Crippen LogP contribution in [0, 0.1) is 18.3 Å². The molecule has 58 heavy (non-hydrogen) atoms. The molecule has 310 valence electrons. The maximum absolute atomic E-state index is 14.6. The molecule has 2 aliphatic rings. The number of nitrogens with zero attached hydrogens (tertiary/aromatic N) is 2. The molecule has 5 atom stereocenters. The molecule has 2 fully saturated rings. The van der Waals surface area contributed by atoms with E-state index in [-0.39, 0.29) is 29.5 Å². The second-order valence-electron chi connectivity index (χ2n) is 16.7. The Morgan fingerprint density at radius 3 is 2.41 bits per heavy atom. The minimum Gasteiger partial charge on any atom is -0.497 e. The number of hydrogen-bond acceptors (Lipinski definition) is 11. The number of halogens is 1. The fourth-order valence-electron chi connectivity index (χ4n) is 7.15. The summed E-state index contributed by atoms with van der Waals surface area (Å²) in [4.78, 5) is 61.9. The van der Waals surface area contributed by atoms with Gasteiger partial charge in [0, 0.05) is 33.6 Å². The van der Waals surface area contributed by atoms with Crippen molar-refractivity contribution in [3.8, 4) is 11.6 Å². The molecular formula is C41H48ClN5O9S2. The molecule has 1 aliphatic carbocycles. The predicted molar refractivity (Wildman–Crippen MR) is 222 cm³/mol. The first-order valence-electron chi connectivity index (χ1n) is 18.7. The summed E-state index contributed by atoms with van der Waals surface area (Å²) >= 11 is 7.13. The molecule has 3 N–H and O–H groups in total. The Kier molecular flexibility index (Phi) is 11.5. The molecule has 6 rings (SSSR count). The molecule has 0 radical (unpaired) electrons. The van der Waals surface area contributed by atoms with Gasteiger partial charge in [0.2, 0.25) is 17.7 Å². The van der Waals surface area contributed by atoms with Gasteiger partial charge < -0.3 is 29.7 Å². The minimum atomic E-state index is -4.40. The third-order valence-electron chi connectivity index (χ3n) is 10.2. The van der Waals surface area contributed by atoms with Crippen LogP contribution in [0.2, 0.25) is 5.02 Å². The lowest BCUT2D eigenvalue weighted by Crippen LogP contribution is -2.60. The number of likely N-dealkylation sites (tertiary alicyclic amines) is 1. The van der Waals surface area contributed by atoms with Crippen molar-refractivity contribution < 1.29 is 41.8 Å². The zero-order valence-electron chi connectivity index (χ0n) is 33.6. The first-order chi connectivity index (χ1) is 27.1. The van der Waals surface area contributed by atoms with E-state index < -0.39 is 74.5 Å². The lowest BCUT2D eigenvalue weighted by molar-refractivity contribution is -0.143. The van der Waals surface area contributed by atoms with Gasteiger partial charge in [0.05, 0.1) is 13.7 Å². The molecule has 2 aromatic carbocycles. The van der Waals surface area contributed by atoms with E-state index in [1.807, 2.05) is 6.07 Å². The number of pyridine rings is 1. The van der Waals surface area contributed by atoms with E-state index in [0.717, 1.165) is 16.7 Å². The number of fused-ring (bicyclic) bond motifs is 2. The van der Waals surface area contributed by atoms with E-state index in [9.17, 15) is 27.6 Å². The quantitative estimate of drug-likeness (QED) is 0.145. The Labute approximate surface area is 346 Å². The van der Waals surface area contributed by atoms with Crippen LogP contribution >= 0.6 is 22.9 Å². The van der Waals surface area contributed by atoms with Crippen molar-refractivity contribution in [2.24, 2.45) is 11.3 Å². The van der Waals surface area contributed by atoms with Gasteiger partial charge in [0.25, 0.3) is 15.9 Å². The average molecular weight is 854 g/mol. The third kappa shape index (κ3) is 8.73. The smallest absolute Gasteiger partial charge is 0.408 e. The zero-order chi connectivity index (χ0) is 42.5. The summed E-state index contributed by atoms with van der Waals surface area (Å²) in [6.07, 6.45) is 1.53. The van der Waals surface area contributed by atoms with Gasteiger partial charge in [-0.1, -0.05) is 44.5 Å². The number of hydrogen-bond donors (Lipinski definition) is 3. The van der Waals surface area contributed by atoms with Gasteiger partial charge >= 0.3 is 6.09 Å². The molecule has 0 spiro atoms. The fourth-order valence-corrected chi connectivity index (χ4v) is 10.2. The molecule has 1 saturated carbocycles. The SMILES string of the molecule is C=C[C@@H]1C[C@]1(NC(=O)[C@@H]1C[C@@H](Oc2nccc3cc(OC)ccc23)CN1C(=O)[C@@H](NC(=O)OC(C)(C)C)C(C)(C)C)C(=O)NS(=O)(=O)c1sc2cc(Cl)ccc2c1C. The number of ether oxygens (including phenoxy) is 3. The van der Waals surface area contributed by atoms with Crippen molar-refractivity contribution in [2.45, 2.75) is 94.8 Å². The number of thiophene rings is 1. The van der Waals surface area contributed by atoms with E-state index in [4.69, 9.17) is 25.8 Å². The maximum Gasteiger partial charge on any atom is 0.408 e. The number of rotatable bonds is 11. The van der Waals surface area contributed by atoms with Crippen molar-refractivity contribution in [3.05, 3.63) is 71.9 Å². The number of benzene rings is 2. The molecule has 3 heterocycles. The summed E-state index contributed by atoms with van der Waals surface area (Å²) in [5.41, 5.74) is -2.93. The van der Waals surface area contributed by atoms with E-state index in [2.05, 4.69) is 26.9 Å². The monoisotopic (exact) mass is 853 g/mol. The third-order valence-corrected chi connectivity index (χ3v) is 13.7. The number of carbonyl (C=O) groups excluding carboxylic acids is 4. The van der Waals surface area contributed by atoms with E-state index in [1.165, 1.54) is 11.0 Å². The Bertz CT molecular complexity index is 2420. The fraction of sp³-hybridized carbons (Fsp3) is 0.439. The van der Waals surface area contributed by atoms with Gasteiger partial charge in [-0.15, -0.1) is 17.9 Å². The number of aryl methyl sites for hydroxylation is 1. The van der Waals surface area contributed by atoms with Gasteiger partial charge in [-0.05, 0) is 92.3 Å². The summed E-state index contributed by atoms with van der Waals surface area (Å²) in [7, 11) is -2.84. The van der Waals surface area contributed by atoms with Gasteiger partial charge in [0.15, 0.2) is 0 Å². The standard InChI is InChI=1S/C41H48ClN5O9S2/c1-10-24-20-41(24,37(50)46-58(52,53)36-22(2)28-13-11-25(42)18-31(28)57-36)45-33(48)30-19-27(55-34-29-14-12-26(54-9)17-23(29)15-16-43-34)21-47(30)35(49)32(39(3,4)5)44-38(51)56-40(6,7)8/h10-18,24,27,30,32H,1,19-21H2,2-9H3,(H,44,51)(H,45,48)(H,46,50)/t24-,27-,30+,32-,41-/m1/s1. The van der Waals surface area contributed by atoms with Crippen LogP contribution in [0.25, 0.3) is 20.9 Å². The molecule has 1 aliphatic heterocycles. The van der Waals surface area contributed by atoms with Crippen LogP contribution in [-0.4, -0.2) is 85.1 Å². The van der Waals surface area contributed by atoms with E-state index in [1.54, 1.807) is 98.2 Å². The van der Waals surface area contributed by atoms with Crippen LogP contribution in [0.15, 0.2) is 65.5 Å². The van der Waals surface area contributed by atoms with Crippen molar-refractivity contribution in [3.63, 3.8) is 0 Å². The molecular weight excluding hydrogens is 806 g/mol. The van der Waals surface area contributed by atoms with Crippen molar-refractivity contribution >= 4 is 77.6 Å². The molecule has 1 saturated heterocycles. The molecule has 4 aromatic rings. The number of sulfonamides is 1. The Hall–Kier alpha value is -4.93. The molecule has 14 nitrogen and oxygen atoms in total. The van der Waals surface area contributed by atoms with Crippen LogP contribution in [0.1, 0.15) is 59.9 Å². The lowest BCUT2D eigenvalue weighted by Gasteiger charge is -2.36. The molecule has 17 heteroatoms. The van der Waals surface area contributed by atoms with Gasteiger partial charge in [0.1, 0.15) is 39.3 Å². The highest BCUT2D eigenvalue weighted by Crippen LogP contribution is 2.46. The van der Waals surface area contributed by atoms with Crippen LogP contribution in [0.4, 0.5) is 4.79 Å². The first-order valence-corrected chi connectivity index (χ1v) is 21.3. The Morgan fingerprint density at radius 1 is 1.07 bits per heavy atom. The normalized spacial score (nSPS) is 21.3. The molecule has 0 unspecified atom stereocenters. The summed E-state index contributed by atoms with van der Waals surface area (Å²) < 4.78 is 47.5. The highest BCUT2D eigenvalue weighted by atomic mass is 35.5. The largest absolute Gasteiger partial charge is 0.497 e. The predicted octanol–water partition coefficient (Wildman–Crippen LogP) is 6.27. The highest BCUT2D eigenvalue weighted by Gasteiger charge is 2.61. The van der Waals surface area contributed by atoms with Crippen molar-refractivity contribution in [1.82, 2.24) is 25.2 Å².